The second-order valence-corrected chi connectivity index (χ2v) is 5.09. The highest BCUT2D eigenvalue weighted by molar-refractivity contribution is 5.92. The number of rotatable bonds is 6. The summed E-state index contributed by atoms with van der Waals surface area (Å²) in [6, 6.07) is 7.39. The summed E-state index contributed by atoms with van der Waals surface area (Å²) < 4.78 is 5.54. The minimum absolute atomic E-state index is 0.0646. The second-order valence-electron chi connectivity index (χ2n) is 5.09. The predicted molar refractivity (Wildman–Crippen MR) is 82.4 cm³/mol. The van der Waals surface area contributed by atoms with Crippen molar-refractivity contribution in [3.8, 4) is 5.75 Å². The van der Waals surface area contributed by atoms with Crippen LogP contribution in [0, 0.1) is 0 Å². The van der Waals surface area contributed by atoms with Gasteiger partial charge in [-0.1, -0.05) is 12.1 Å². The van der Waals surface area contributed by atoms with Crippen LogP contribution in [0.15, 0.2) is 36.7 Å². The molecule has 7 nitrogen and oxygen atoms in total. The van der Waals surface area contributed by atoms with Gasteiger partial charge in [0.1, 0.15) is 11.4 Å². The van der Waals surface area contributed by atoms with Gasteiger partial charge in [-0.15, -0.1) is 0 Å². The molecule has 0 aliphatic rings. The lowest BCUT2D eigenvalue weighted by molar-refractivity contribution is 0.0689. The number of nitrogens with one attached hydrogen (secondary N) is 1. The van der Waals surface area contributed by atoms with E-state index >= 15 is 0 Å². The Hall–Kier alpha value is -2.96. The summed E-state index contributed by atoms with van der Waals surface area (Å²) in [7, 11) is 0. The van der Waals surface area contributed by atoms with Crippen molar-refractivity contribution in [3.05, 3.63) is 53.6 Å². The summed E-state index contributed by atoms with van der Waals surface area (Å²) in [6.45, 7) is 4.22. The number of aromatic nitrogens is 2. The van der Waals surface area contributed by atoms with Gasteiger partial charge < -0.3 is 15.2 Å². The molecule has 0 bridgehead atoms. The number of carbonyl (C=O) groups is 2. The number of ether oxygens (including phenoxy) is 1. The van der Waals surface area contributed by atoms with Gasteiger partial charge in [-0.3, -0.25) is 4.79 Å². The highest BCUT2D eigenvalue weighted by Gasteiger charge is 2.10. The third kappa shape index (κ3) is 4.77. The molecule has 0 atom stereocenters. The standard InChI is InChI=1S/C16H17N3O4/c1-10(2)23-12-5-3-11(4-6-12)7-19-15(20)13-8-18-14(9-17-13)16(21)22/h3-6,8-10H,7H2,1-2H3,(H,19,20)(H,21,22). The van der Waals surface area contributed by atoms with E-state index in [1.165, 1.54) is 0 Å². The van der Waals surface area contributed by atoms with Gasteiger partial charge in [-0.05, 0) is 31.5 Å². The van der Waals surface area contributed by atoms with Crippen molar-refractivity contribution < 1.29 is 19.4 Å². The first-order chi connectivity index (χ1) is 11.0. The summed E-state index contributed by atoms with van der Waals surface area (Å²) in [5.41, 5.74) is 0.765. The number of carboxylic acid groups (broad SMARTS) is 1. The molecule has 1 aromatic heterocycles. The number of carbonyl (C=O) groups excluding carboxylic acids is 1. The molecule has 0 aliphatic heterocycles. The Morgan fingerprint density at radius 3 is 2.26 bits per heavy atom. The highest BCUT2D eigenvalue weighted by atomic mass is 16.5. The number of hydrogen-bond donors (Lipinski definition) is 2. The van der Waals surface area contributed by atoms with Gasteiger partial charge in [0.2, 0.25) is 0 Å². The number of nitrogens with zero attached hydrogens (tertiary/aromatic N) is 2. The van der Waals surface area contributed by atoms with Gasteiger partial charge in [-0.2, -0.15) is 0 Å². The SMILES string of the molecule is CC(C)Oc1ccc(CNC(=O)c2cnc(C(=O)O)cn2)cc1. The number of carboxylic acids is 1. The van der Waals surface area contributed by atoms with Crippen molar-refractivity contribution >= 4 is 11.9 Å². The van der Waals surface area contributed by atoms with E-state index in [1.54, 1.807) is 0 Å². The lowest BCUT2D eigenvalue weighted by Gasteiger charge is -2.10. The Bertz CT molecular complexity index is 681. The molecule has 120 valence electrons. The molecule has 1 aromatic carbocycles. The summed E-state index contributed by atoms with van der Waals surface area (Å²) in [5, 5.41) is 11.4. The van der Waals surface area contributed by atoms with Gasteiger partial charge >= 0.3 is 5.97 Å². The first-order valence-corrected chi connectivity index (χ1v) is 7.05. The van der Waals surface area contributed by atoms with Crippen molar-refractivity contribution in [2.45, 2.75) is 26.5 Å². The second kappa shape index (κ2) is 7.35. The van der Waals surface area contributed by atoms with Crippen LogP contribution in [0.1, 0.15) is 40.4 Å². The molecule has 0 unspecified atom stereocenters. The Balaban J connectivity index is 1.92. The van der Waals surface area contributed by atoms with Crippen LogP contribution in [0.2, 0.25) is 0 Å². The Morgan fingerprint density at radius 2 is 1.74 bits per heavy atom. The number of amides is 1. The number of benzene rings is 1. The van der Waals surface area contributed by atoms with Gasteiger partial charge in [-0.25, -0.2) is 14.8 Å². The molecule has 1 heterocycles. The third-order valence-corrected chi connectivity index (χ3v) is 2.85. The largest absolute Gasteiger partial charge is 0.491 e. The van der Waals surface area contributed by atoms with Crippen LogP contribution < -0.4 is 10.1 Å². The van der Waals surface area contributed by atoms with E-state index in [1.807, 2.05) is 38.1 Å². The maximum atomic E-state index is 11.9. The normalized spacial score (nSPS) is 10.4. The average Bonchev–Trinajstić information content (AvgIpc) is 2.53. The van der Waals surface area contributed by atoms with Gasteiger partial charge in [0.15, 0.2) is 5.69 Å². The van der Waals surface area contributed by atoms with Crippen molar-refractivity contribution in [2.75, 3.05) is 0 Å². The minimum atomic E-state index is -1.19. The number of hydrogen-bond acceptors (Lipinski definition) is 5. The van der Waals surface area contributed by atoms with E-state index in [2.05, 4.69) is 15.3 Å². The van der Waals surface area contributed by atoms with Crippen molar-refractivity contribution in [2.24, 2.45) is 0 Å². The quantitative estimate of drug-likeness (QED) is 0.844. The molecule has 0 aliphatic carbocycles. The van der Waals surface area contributed by atoms with Crippen LogP contribution in [0.4, 0.5) is 0 Å². The maximum absolute atomic E-state index is 11.9. The fourth-order valence-corrected chi connectivity index (χ4v) is 1.79. The predicted octanol–water partition coefficient (Wildman–Crippen LogP) is 1.89. The van der Waals surface area contributed by atoms with Gasteiger partial charge in [0, 0.05) is 6.54 Å². The van der Waals surface area contributed by atoms with Crippen LogP contribution in [-0.4, -0.2) is 33.1 Å². The molecule has 0 saturated heterocycles. The van der Waals surface area contributed by atoms with Crippen LogP contribution in [0.25, 0.3) is 0 Å². The van der Waals surface area contributed by atoms with Gasteiger partial charge in [0.05, 0.1) is 18.5 Å². The van der Waals surface area contributed by atoms with E-state index in [-0.39, 0.29) is 17.5 Å². The van der Waals surface area contributed by atoms with E-state index in [0.29, 0.717) is 6.54 Å². The van der Waals surface area contributed by atoms with E-state index in [9.17, 15) is 9.59 Å². The molecule has 2 aromatic rings. The first-order valence-electron chi connectivity index (χ1n) is 7.05. The van der Waals surface area contributed by atoms with E-state index in [0.717, 1.165) is 23.7 Å². The number of aromatic carboxylic acids is 1. The first kappa shape index (κ1) is 16.4. The molecule has 0 spiro atoms. The van der Waals surface area contributed by atoms with Crippen molar-refractivity contribution in [3.63, 3.8) is 0 Å². The highest BCUT2D eigenvalue weighted by Crippen LogP contribution is 2.13. The Labute approximate surface area is 133 Å². The summed E-state index contributed by atoms with van der Waals surface area (Å²) in [5.74, 6) is -0.838. The summed E-state index contributed by atoms with van der Waals surface area (Å²) >= 11 is 0. The van der Waals surface area contributed by atoms with Gasteiger partial charge in [0.25, 0.3) is 5.91 Å². The molecule has 2 N–H and O–H groups in total. The monoisotopic (exact) mass is 315 g/mol. The lowest BCUT2D eigenvalue weighted by atomic mass is 10.2. The summed E-state index contributed by atoms with van der Waals surface area (Å²) in [6.07, 6.45) is 2.29. The Morgan fingerprint density at radius 1 is 1.13 bits per heavy atom. The Kier molecular flexibility index (Phi) is 5.24. The zero-order chi connectivity index (χ0) is 16.8. The molecule has 23 heavy (non-hydrogen) atoms. The smallest absolute Gasteiger partial charge is 0.356 e. The third-order valence-electron chi connectivity index (χ3n) is 2.85. The molecule has 0 saturated carbocycles. The lowest BCUT2D eigenvalue weighted by Crippen LogP contribution is -2.24. The molecular weight excluding hydrogens is 298 g/mol. The van der Waals surface area contributed by atoms with Crippen LogP contribution in [0.5, 0.6) is 5.75 Å². The zero-order valence-corrected chi connectivity index (χ0v) is 12.8. The van der Waals surface area contributed by atoms with Crippen molar-refractivity contribution in [1.82, 2.24) is 15.3 Å². The van der Waals surface area contributed by atoms with E-state index in [4.69, 9.17) is 9.84 Å². The molecule has 0 fully saturated rings. The fourth-order valence-electron chi connectivity index (χ4n) is 1.79. The van der Waals surface area contributed by atoms with E-state index < -0.39 is 11.9 Å². The molecule has 2 rings (SSSR count). The minimum Gasteiger partial charge on any atom is -0.491 e. The molecule has 1 amide bonds. The van der Waals surface area contributed by atoms with Crippen molar-refractivity contribution in [1.29, 1.82) is 0 Å². The zero-order valence-electron chi connectivity index (χ0n) is 12.8. The molecular formula is C16H17N3O4. The maximum Gasteiger partial charge on any atom is 0.356 e. The van der Waals surface area contributed by atoms with Crippen LogP contribution >= 0.6 is 0 Å². The summed E-state index contributed by atoms with van der Waals surface area (Å²) in [4.78, 5) is 30.0. The van der Waals surface area contributed by atoms with Crippen LogP contribution in [0.3, 0.4) is 0 Å². The molecule has 7 heteroatoms. The topological polar surface area (TPSA) is 101 Å². The van der Waals surface area contributed by atoms with Crippen LogP contribution in [-0.2, 0) is 6.54 Å². The fraction of sp³-hybridized carbons (Fsp3) is 0.250. The average molecular weight is 315 g/mol. The molecule has 0 radical (unpaired) electrons.